The van der Waals surface area contributed by atoms with Crippen LogP contribution in [0.5, 0.6) is 5.75 Å². The standard InChI is InChI=1S/C25H18BrN3O5S/c26-22-17(24(34)27-11-10-20(31)32)9-8-16(23(33)28-13-14-4-3-5-15(30)12-14)21(22)25-29-18-6-1-2-7-19(18)35-25/h1-12,30H,13H2,(H,27,34)(H,28,33)(H,31,32). The second-order valence-corrected chi connectivity index (χ2v) is 9.16. The Labute approximate surface area is 212 Å². The van der Waals surface area contributed by atoms with Gasteiger partial charge in [-0.3, -0.25) is 9.59 Å². The van der Waals surface area contributed by atoms with Gasteiger partial charge in [-0.15, -0.1) is 11.3 Å². The molecule has 0 aliphatic rings. The van der Waals surface area contributed by atoms with Crippen molar-refractivity contribution >= 4 is 55.3 Å². The highest BCUT2D eigenvalue weighted by Crippen LogP contribution is 2.38. The molecule has 0 aliphatic carbocycles. The maximum absolute atomic E-state index is 13.2. The average molecular weight is 552 g/mol. The number of phenols is 1. The first-order valence-corrected chi connectivity index (χ1v) is 11.9. The van der Waals surface area contributed by atoms with Gasteiger partial charge in [0.25, 0.3) is 11.8 Å². The summed E-state index contributed by atoms with van der Waals surface area (Å²) in [5.74, 6) is -2.04. The number of amides is 2. The minimum absolute atomic E-state index is 0.0990. The molecule has 0 aliphatic heterocycles. The van der Waals surface area contributed by atoms with E-state index in [2.05, 4.69) is 31.5 Å². The number of hydrogen-bond donors (Lipinski definition) is 4. The van der Waals surface area contributed by atoms with Gasteiger partial charge in [0.15, 0.2) is 0 Å². The van der Waals surface area contributed by atoms with Gasteiger partial charge >= 0.3 is 5.97 Å². The molecule has 176 valence electrons. The van der Waals surface area contributed by atoms with Crippen LogP contribution >= 0.6 is 27.3 Å². The maximum Gasteiger partial charge on any atom is 0.329 e. The highest BCUT2D eigenvalue weighted by atomic mass is 79.9. The van der Waals surface area contributed by atoms with Crippen molar-refractivity contribution in [3.05, 3.63) is 94.1 Å². The Morgan fingerprint density at radius 3 is 2.51 bits per heavy atom. The van der Waals surface area contributed by atoms with Crippen molar-refractivity contribution in [2.24, 2.45) is 0 Å². The van der Waals surface area contributed by atoms with E-state index in [1.807, 2.05) is 24.3 Å². The second kappa shape index (κ2) is 10.5. The quantitative estimate of drug-likeness (QED) is 0.246. The summed E-state index contributed by atoms with van der Waals surface area (Å²) in [5.41, 5.74) is 2.42. The number of carboxylic acids is 1. The number of halogens is 1. The summed E-state index contributed by atoms with van der Waals surface area (Å²) in [6.07, 6.45) is 1.84. The number of carbonyl (C=O) groups is 3. The molecule has 0 saturated carbocycles. The summed E-state index contributed by atoms with van der Waals surface area (Å²) in [6, 6.07) is 17.1. The lowest BCUT2D eigenvalue weighted by Crippen LogP contribution is -2.24. The highest BCUT2D eigenvalue weighted by Gasteiger charge is 2.23. The topological polar surface area (TPSA) is 129 Å². The molecular formula is C25H18BrN3O5S. The maximum atomic E-state index is 13.2. The Kier molecular flexibility index (Phi) is 7.23. The van der Waals surface area contributed by atoms with Crippen LogP contribution in [0, 0.1) is 0 Å². The molecule has 1 heterocycles. The molecule has 0 saturated heterocycles. The van der Waals surface area contributed by atoms with E-state index in [0.29, 0.717) is 20.6 Å². The zero-order valence-corrected chi connectivity index (χ0v) is 20.4. The Morgan fingerprint density at radius 2 is 1.77 bits per heavy atom. The number of hydrogen-bond acceptors (Lipinski definition) is 6. The predicted molar refractivity (Wildman–Crippen MR) is 136 cm³/mol. The molecule has 3 aromatic carbocycles. The summed E-state index contributed by atoms with van der Waals surface area (Å²) >= 11 is 4.85. The molecule has 8 nitrogen and oxygen atoms in total. The lowest BCUT2D eigenvalue weighted by atomic mass is 10.0. The molecule has 2 amide bonds. The van der Waals surface area contributed by atoms with Crippen LogP contribution in [0.1, 0.15) is 26.3 Å². The fraction of sp³-hybridized carbons (Fsp3) is 0.0400. The van der Waals surface area contributed by atoms with Crippen molar-refractivity contribution in [2.75, 3.05) is 0 Å². The third kappa shape index (κ3) is 5.56. The number of phenolic OH excluding ortho intramolecular Hbond substituents is 1. The fourth-order valence-electron chi connectivity index (χ4n) is 3.34. The van der Waals surface area contributed by atoms with Crippen molar-refractivity contribution < 1.29 is 24.6 Å². The van der Waals surface area contributed by atoms with Gasteiger partial charge in [-0.1, -0.05) is 24.3 Å². The van der Waals surface area contributed by atoms with Gasteiger partial charge < -0.3 is 20.8 Å². The molecule has 0 bridgehead atoms. The van der Waals surface area contributed by atoms with Crippen molar-refractivity contribution in [3.8, 4) is 16.3 Å². The number of aromatic hydroxyl groups is 1. The molecule has 0 unspecified atom stereocenters. The van der Waals surface area contributed by atoms with E-state index >= 15 is 0 Å². The Bertz CT molecular complexity index is 1450. The molecule has 4 rings (SSSR count). The Morgan fingerprint density at radius 1 is 1.00 bits per heavy atom. The van der Waals surface area contributed by atoms with Crippen LogP contribution in [0.2, 0.25) is 0 Å². The molecule has 1 aromatic heterocycles. The van der Waals surface area contributed by atoms with Crippen molar-refractivity contribution in [1.29, 1.82) is 0 Å². The summed E-state index contributed by atoms with van der Waals surface area (Å²) in [6.45, 7) is 0.187. The zero-order valence-electron chi connectivity index (χ0n) is 18.0. The number of nitrogens with one attached hydrogen (secondary N) is 2. The van der Waals surface area contributed by atoms with Crippen molar-refractivity contribution in [1.82, 2.24) is 15.6 Å². The summed E-state index contributed by atoms with van der Waals surface area (Å²) in [7, 11) is 0. The fourth-order valence-corrected chi connectivity index (χ4v) is 5.22. The first-order chi connectivity index (χ1) is 16.8. The van der Waals surface area contributed by atoms with Gasteiger partial charge in [0, 0.05) is 28.9 Å². The molecule has 0 radical (unpaired) electrons. The highest BCUT2D eigenvalue weighted by molar-refractivity contribution is 9.10. The molecule has 10 heteroatoms. The lowest BCUT2D eigenvalue weighted by molar-refractivity contribution is -0.131. The Balaban J connectivity index is 1.73. The average Bonchev–Trinajstić information content (AvgIpc) is 3.25. The SMILES string of the molecule is O=C(O)C=CNC(=O)c1ccc(C(=O)NCc2cccc(O)c2)c(-c2nc3ccccc3s2)c1Br. The van der Waals surface area contributed by atoms with Gasteiger partial charge in [-0.05, 0) is 57.9 Å². The Hall–Kier alpha value is -4.02. The number of benzene rings is 3. The van der Waals surface area contributed by atoms with E-state index in [4.69, 9.17) is 5.11 Å². The number of carbonyl (C=O) groups excluding carboxylic acids is 2. The zero-order chi connectivity index (χ0) is 24.9. The van der Waals surface area contributed by atoms with Crippen molar-refractivity contribution in [2.45, 2.75) is 6.54 Å². The molecule has 0 atom stereocenters. The van der Waals surface area contributed by atoms with Gasteiger partial charge in [0.05, 0.1) is 21.3 Å². The predicted octanol–water partition coefficient (Wildman–Crippen LogP) is 4.69. The van der Waals surface area contributed by atoms with E-state index in [1.54, 1.807) is 24.3 Å². The molecule has 0 fully saturated rings. The normalized spacial score (nSPS) is 11.0. The molecule has 35 heavy (non-hydrogen) atoms. The van der Waals surface area contributed by atoms with Gasteiger partial charge in [0.1, 0.15) is 10.8 Å². The first kappa shape index (κ1) is 24.1. The van der Waals surface area contributed by atoms with Crippen LogP contribution in [0.25, 0.3) is 20.8 Å². The van der Waals surface area contributed by atoms with E-state index in [9.17, 15) is 19.5 Å². The molecular weight excluding hydrogens is 534 g/mol. The van der Waals surface area contributed by atoms with Crippen LogP contribution in [-0.4, -0.2) is 33.0 Å². The van der Waals surface area contributed by atoms with E-state index < -0.39 is 11.9 Å². The monoisotopic (exact) mass is 551 g/mol. The number of aliphatic carboxylic acids is 1. The minimum Gasteiger partial charge on any atom is -0.508 e. The van der Waals surface area contributed by atoms with Gasteiger partial charge in [0.2, 0.25) is 0 Å². The smallest absolute Gasteiger partial charge is 0.329 e. The lowest BCUT2D eigenvalue weighted by Gasteiger charge is -2.13. The number of fused-ring (bicyclic) bond motifs is 1. The first-order valence-electron chi connectivity index (χ1n) is 10.3. The second-order valence-electron chi connectivity index (χ2n) is 7.33. The van der Waals surface area contributed by atoms with Gasteiger partial charge in [-0.25, -0.2) is 9.78 Å². The number of rotatable bonds is 7. The van der Waals surface area contributed by atoms with Crippen LogP contribution in [0.15, 0.2) is 77.4 Å². The summed E-state index contributed by atoms with van der Waals surface area (Å²) in [5, 5.41) is 24.2. The minimum atomic E-state index is -1.20. The third-order valence-electron chi connectivity index (χ3n) is 4.94. The van der Waals surface area contributed by atoms with E-state index in [0.717, 1.165) is 28.1 Å². The molecule has 4 N–H and O–H groups in total. The van der Waals surface area contributed by atoms with Gasteiger partial charge in [-0.2, -0.15) is 0 Å². The van der Waals surface area contributed by atoms with Crippen LogP contribution in [-0.2, 0) is 11.3 Å². The number of nitrogens with zero attached hydrogens (tertiary/aromatic N) is 1. The third-order valence-corrected chi connectivity index (χ3v) is 6.82. The van der Waals surface area contributed by atoms with Crippen LogP contribution in [0.3, 0.4) is 0 Å². The van der Waals surface area contributed by atoms with Crippen LogP contribution in [0.4, 0.5) is 0 Å². The number of thiazole rings is 1. The number of carboxylic acid groups (broad SMARTS) is 1. The molecule has 0 spiro atoms. The number of para-hydroxylation sites is 1. The van der Waals surface area contributed by atoms with Crippen LogP contribution < -0.4 is 10.6 Å². The largest absolute Gasteiger partial charge is 0.508 e. The number of aromatic nitrogens is 1. The summed E-state index contributed by atoms with van der Waals surface area (Å²) in [4.78, 5) is 41.3. The van der Waals surface area contributed by atoms with E-state index in [1.165, 1.54) is 23.5 Å². The summed E-state index contributed by atoms with van der Waals surface area (Å²) < 4.78 is 1.27. The molecule has 4 aromatic rings. The van der Waals surface area contributed by atoms with Crippen molar-refractivity contribution in [3.63, 3.8) is 0 Å². The van der Waals surface area contributed by atoms with E-state index in [-0.39, 0.29) is 23.8 Å².